The van der Waals surface area contributed by atoms with Crippen molar-refractivity contribution in [1.82, 2.24) is 10.2 Å². The van der Waals surface area contributed by atoms with E-state index in [-0.39, 0.29) is 24.9 Å². The Morgan fingerprint density at radius 1 is 1.19 bits per heavy atom. The van der Waals surface area contributed by atoms with Crippen LogP contribution < -0.4 is 14.8 Å². The van der Waals surface area contributed by atoms with Crippen LogP contribution in [0.15, 0.2) is 24.3 Å². The Balaban J connectivity index is 0.00000220. The molecule has 0 bridgehead atoms. The zero-order valence-corrected chi connectivity index (χ0v) is 13.2. The first-order chi connectivity index (χ1) is 9.81. The van der Waals surface area contributed by atoms with Gasteiger partial charge < -0.3 is 19.7 Å². The molecule has 0 aromatic heterocycles. The number of ether oxygens (including phenoxy) is 2. The lowest BCUT2D eigenvalue weighted by atomic mass is 10.3. The van der Waals surface area contributed by atoms with Crippen LogP contribution in [0.4, 0.5) is 0 Å². The summed E-state index contributed by atoms with van der Waals surface area (Å²) >= 11 is 0. The molecule has 0 spiro atoms. The average molecular weight is 315 g/mol. The largest absolute Gasteiger partial charge is 0.490 e. The van der Waals surface area contributed by atoms with Gasteiger partial charge in [-0.25, -0.2) is 0 Å². The molecule has 0 saturated carbocycles. The number of carbonyl (C=O) groups is 1. The van der Waals surface area contributed by atoms with Crippen LogP contribution in [0.5, 0.6) is 11.5 Å². The van der Waals surface area contributed by atoms with Gasteiger partial charge in [-0.05, 0) is 32.0 Å². The van der Waals surface area contributed by atoms with Crippen molar-refractivity contribution < 1.29 is 14.3 Å². The summed E-state index contributed by atoms with van der Waals surface area (Å²) in [6, 6.07) is 7.43. The standard InChI is InChI=1S/C15H22N2O3.ClH/c1-2-19-13-6-3-4-7-14(13)20-12-15(18)17-10-5-8-16-9-11-17;/h3-4,6-7,16H,2,5,8-12H2,1H3;1H. The first-order valence-electron chi connectivity index (χ1n) is 7.14. The molecule has 1 N–H and O–H groups in total. The van der Waals surface area contributed by atoms with Crippen molar-refractivity contribution in [2.75, 3.05) is 39.4 Å². The molecule has 0 aliphatic carbocycles. The molecule has 0 radical (unpaired) electrons. The fraction of sp³-hybridized carbons (Fsp3) is 0.533. The molecule has 0 unspecified atom stereocenters. The maximum absolute atomic E-state index is 12.1. The smallest absolute Gasteiger partial charge is 0.260 e. The molecule has 0 atom stereocenters. The van der Waals surface area contributed by atoms with Gasteiger partial charge in [-0.2, -0.15) is 0 Å². The molecule has 118 valence electrons. The highest BCUT2D eigenvalue weighted by atomic mass is 35.5. The molecule has 1 aromatic carbocycles. The normalized spacial score (nSPS) is 14.8. The van der Waals surface area contributed by atoms with Gasteiger partial charge in [-0.3, -0.25) is 4.79 Å². The van der Waals surface area contributed by atoms with E-state index in [0.29, 0.717) is 18.1 Å². The van der Waals surface area contributed by atoms with Crippen LogP contribution in [-0.4, -0.2) is 50.2 Å². The number of halogens is 1. The molecule has 5 nitrogen and oxygen atoms in total. The van der Waals surface area contributed by atoms with Crippen LogP contribution in [0.1, 0.15) is 13.3 Å². The molecule has 21 heavy (non-hydrogen) atoms. The van der Waals surface area contributed by atoms with Crippen LogP contribution in [0.2, 0.25) is 0 Å². The lowest BCUT2D eigenvalue weighted by Gasteiger charge is -2.20. The van der Waals surface area contributed by atoms with E-state index in [1.165, 1.54) is 0 Å². The van der Waals surface area contributed by atoms with Gasteiger partial charge in [0.15, 0.2) is 18.1 Å². The summed E-state index contributed by atoms with van der Waals surface area (Å²) in [6.07, 6.45) is 0.987. The molecule has 1 amide bonds. The van der Waals surface area contributed by atoms with Crippen molar-refractivity contribution in [2.45, 2.75) is 13.3 Å². The summed E-state index contributed by atoms with van der Waals surface area (Å²) in [7, 11) is 0. The molecule has 1 aliphatic heterocycles. The van der Waals surface area contributed by atoms with Gasteiger partial charge in [0.2, 0.25) is 0 Å². The monoisotopic (exact) mass is 314 g/mol. The molecule has 6 heteroatoms. The highest BCUT2D eigenvalue weighted by Gasteiger charge is 2.16. The first kappa shape index (κ1) is 17.6. The third kappa shape index (κ3) is 5.44. The van der Waals surface area contributed by atoms with Crippen LogP contribution >= 0.6 is 12.4 Å². The minimum Gasteiger partial charge on any atom is -0.490 e. The summed E-state index contributed by atoms with van der Waals surface area (Å²) in [5, 5.41) is 3.28. The SMILES string of the molecule is CCOc1ccccc1OCC(=O)N1CCCNCC1.Cl. The van der Waals surface area contributed by atoms with Gasteiger partial charge >= 0.3 is 0 Å². The fourth-order valence-electron chi connectivity index (χ4n) is 2.17. The Morgan fingerprint density at radius 2 is 1.90 bits per heavy atom. The van der Waals surface area contributed by atoms with E-state index in [4.69, 9.17) is 9.47 Å². The quantitative estimate of drug-likeness (QED) is 0.899. The summed E-state index contributed by atoms with van der Waals surface area (Å²) in [5.74, 6) is 1.33. The number of para-hydroxylation sites is 2. The summed E-state index contributed by atoms with van der Waals surface area (Å²) in [5.41, 5.74) is 0. The average Bonchev–Trinajstić information content (AvgIpc) is 2.75. The second kappa shape index (κ2) is 9.47. The van der Waals surface area contributed by atoms with Crippen LogP contribution in [0.25, 0.3) is 0 Å². The Morgan fingerprint density at radius 3 is 2.62 bits per heavy atom. The van der Waals surface area contributed by atoms with Crippen molar-refractivity contribution in [3.05, 3.63) is 24.3 Å². The zero-order valence-electron chi connectivity index (χ0n) is 12.3. The van der Waals surface area contributed by atoms with Gasteiger partial charge in [0.25, 0.3) is 5.91 Å². The maximum atomic E-state index is 12.1. The summed E-state index contributed by atoms with van der Waals surface area (Å²) in [6.45, 7) is 5.92. The zero-order chi connectivity index (χ0) is 14.2. The second-order valence-electron chi connectivity index (χ2n) is 4.65. The molecular weight excluding hydrogens is 292 g/mol. The Labute approximate surface area is 132 Å². The summed E-state index contributed by atoms with van der Waals surface area (Å²) < 4.78 is 11.1. The molecule has 1 saturated heterocycles. The Hall–Kier alpha value is -1.46. The van der Waals surface area contributed by atoms with E-state index < -0.39 is 0 Å². The molecule has 2 rings (SSSR count). The van der Waals surface area contributed by atoms with Crippen molar-refractivity contribution in [3.8, 4) is 11.5 Å². The number of amides is 1. The lowest BCUT2D eigenvalue weighted by Crippen LogP contribution is -2.37. The van der Waals surface area contributed by atoms with Crippen LogP contribution in [-0.2, 0) is 4.79 Å². The van der Waals surface area contributed by atoms with E-state index in [9.17, 15) is 4.79 Å². The number of nitrogens with one attached hydrogen (secondary N) is 1. The van der Waals surface area contributed by atoms with E-state index in [0.717, 1.165) is 32.6 Å². The third-order valence-electron chi connectivity index (χ3n) is 3.19. The third-order valence-corrected chi connectivity index (χ3v) is 3.19. The van der Waals surface area contributed by atoms with Gasteiger partial charge in [0.1, 0.15) is 0 Å². The van der Waals surface area contributed by atoms with E-state index in [2.05, 4.69) is 5.32 Å². The number of benzene rings is 1. The van der Waals surface area contributed by atoms with Crippen molar-refractivity contribution >= 4 is 18.3 Å². The number of nitrogens with zero attached hydrogens (tertiary/aromatic N) is 1. The van der Waals surface area contributed by atoms with Gasteiger partial charge in [-0.15, -0.1) is 12.4 Å². The van der Waals surface area contributed by atoms with E-state index in [1.54, 1.807) is 0 Å². The fourth-order valence-corrected chi connectivity index (χ4v) is 2.17. The number of carbonyl (C=O) groups excluding carboxylic acids is 1. The Kier molecular flexibility index (Phi) is 7.93. The molecule has 1 aromatic rings. The predicted octanol–water partition coefficient (Wildman–Crippen LogP) is 1.71. The van der Waals surface area contributed by atoms with Crippen molar-refractivity contribution in [3.63, 3.8) is 0 Å². The molecule has 1 heterocycles. The number of rotatable bonds is 5. The van der Waals surface area contributed by atoms with Crippen LogP contribution in [0, 0.1) is 0 Å². The van der Waals surface area contributed by atoms with E-state index >= 15 is 0 Å². The number of hydrogen-bond donors (Lipinski definition) is 1. The highest BCUT2D eigenvalue weighted by molar-refractivity contribution is 5.85. The molecule has 1 aliphatic rings. The predicted molar refractivity (Wildman–Crippen MR) is 84.4 cm³/mol. The molecule has 1 fully saturated rings. The second-order valence-corrected chi connectivity index (χ2v) is 4.65. The van der Waals surface area contributed by atoms with Crippen LogP contribution in [0.3, 0.4) is 0 Å². The van der Waals surface area contributed by atoms with Gasteiger partial charge in [-0.1, -0.05) is 12.1 Å². The van der Waals surface area contributed by atoms with Crippen molar-refractivity contribution in [1.29, 1.82) is 0 Å². The van der Waals surface area contributed by atoms with Gasteiger partial charge in [0.05, 0.1) is 6.61 Å². The first-order valence-corrected chi connectivity index (χ1v) is 7.14. The lowest BCUT2D eigenvalue weighted by molar-refractivity contribution is -0.133. The maximum Gasteiger partial charge on any atom is 0.260 e. The number of hydrogen-bond acceptors (Lipinski definition) is 4. The van der Waals surface area contributed by atoms with Gasteiger partial charge in [0, 0.05) is 19.6 Å². The minimum atomic E-state index is 0. The van der Waals surface area contributed by atoms with Crippen molar-refractivity contribution in [2.24, 2.45) is 0 Å². The summed E-state index contributed by atoms with van der Waals surface area (Å²) in [4.78, 5) is 14.0. The van der Waals surface area contributed by atoms with E-state index in [1.807, 2.05) is 36.1 Å². The molecular formula is C15H23ClN2O3. The topological polar surface area (TPSA) is 50.8 Å². The Bertz CT molecular complexity index is 435. The minimum absolute atomic E-state index is 0. The highest BCUT2D eigenvalue weighted by Crippen LogP contribution is 2.26.